The molecular weight excluding hydrogens is 456 g/mol. The topological polar surface area (TPSA) is 38.8 Å². The maximum absolute atomic E-state index is 15.1. The zero-order chi connectivity index (χ0) is 24.7. The van der Waals surface area contributed by atoms with Crippen LogP contribution in [0.1, 0.15) is 67.9 Å². The highest BCUT2D eigenvalue weighted by atomic mass is 32.2. The summed E-state index contributed by atoms with van der Waals surface area (Å²) in [5.41, 5.74) is 1.61. The third-order valence-corrected chi connectivity index (χ3v) is 7.92. The molecule has 0 N–H and O–H groups in total. The molecule has 0 aromatic heterocycles. The molecule has 4 nitrogen and oxygen atoms in total. The standard InChI is InChI=1S/C25H29F2NO3S.C2H6/c1-16-8-9-24(18-6-4-3-5-7-18)32-28(16)13-19-11-23(27)20(12-22(19)26)21(25(29)30-2)10-17-14-31-15-17;1-2/h3-7,11-12,16-17,21,24H,8-10,13-15H2,1-2H3;1-2H3/t16-,21?,24?;/m0./s1. The van der Waals surface area contributed by atoms with Gasteiger partial charge in [-0.25, -0.2) is 13.1 Å². The smallest absolute Gasteiger partial charge is 0.313 e. The van der Waals surface area contributed by atoms with Crippen LogP contribution in [0, 0.1) is 17.6 Å². The van der Waals surface area contributed by atoms with Gasteiger partial charge in [-0.1, -0.05) is 56.1 Å². The second kappa shape index (κ2) is 12.7. The van der Waals surface area contributed by atoms with Crippen molar-refractivity contribution >= 4 is 17.9 Å². The Morgan fingerprint density at radius 2 is 1.85 bits per heavy atom. The van der Waals surface area contributed by atoms with Crippen molar-refractivity contribution in [3.8, 4) is 0 Å². The average molecular weight is 492 g/mol. The predicted octanol–water partition coefficient (Wildman–Crippen LogP) is 6.66. The third kappa shape index (κ3) is 6.37. The molecule has 0 aliphatic carbocycles. The van der Waals surface area contributed by atoms with Crippen LogP contribution in [0.25, 0.3) is 0 Å². The van der Waals surface area contributed by atoms with E-state index in [2.05, 4.69) is 23.4 Å². The number of methoxy groups -OCH3 is 1. The van der Waals surface area contributed by atoms with Gasteiger partial charge >= 0.3 is 5.97 Å². The van der Waals surface area contributed by atoms with Crippen LogP contribution in [0.15, 0.2) is 42.5 Å². The molecule has 4 rings (SSSR count). The summed E-state index contributed by atoms with van der Waals surface area (Å²) in [6.45, 7) is 7.48. The van der Waals surface area contributed by atoms with E-state index in [1.807, 2.05) is 32.0 Å². The molecule has 2 fully saturated rings. The first kappa shape index (κ1) is 26.6. The van der Waals surface area contributed by atoms with E-state index in [0.717, 1.165) is 12.8 Å². The minimum absolute atomic E-state index is 0.0616. The van der Waals surface area contributed by atoms with Crippen LogP contribution in [0.5, 0.6) is 0 Å². The molecule has 0 amide bonds. The van der Waals surface area contributed by atoms with E-state index in [4.69, 9.17) is 9.47 Å². The van der Waals surface area contributed by atoms with Crippen molar-refractivity contribution in [1.29, 1.82) is 0 Å². The molecule has 2 aromatic rings. The Morgan fingerprint density at radius 3 is 2.47 bits per heavy atom. The van der Waals surface area contributed by atoms with Gasteiger partial charge in [0.25, 0.3) is 0 Å². The van der Waals surface area contributed by atoms with E-state index in [9.17, 15) is 4.79 Å². The third-order valence-electron chi connectivity index (χ3n) is 6.40. The van der Waals surface area contributed by atoms with Crippen LogP contribution >= 0.6 is 11.9 Å². The number of ether oxygens (including phenoxy) is 2. The number of benzene rings is 2. The number of nitrogens with zero attached hydrogens (tertiary/aromatic N) is 1. The van der Waals surface area contributed by atoms with E-state index < -0.39 is 23.5 Å². The first-order valence-electron chi connectivity index (χ1n) is 12.1. The van der Waals surface area contributed by atoms with Gasteiger partial charge in [0.05, 0.1) is 26.2 Å². The lowest BCUT2D eigenvalue weighted by Crippen LogP contribution is -2.32. The Morgan fingerprint density at radius 1 is 1.15 bits per heavy atom. The van der Waals surface area contributed by atoms with Crippen molar-refractivity contribution in [3.63, 3.8) is 0 Å². The highest BCUT2D eigenvalue weighted by Gasteiger charge is 2.33. The number of esters is 1. The summed E-state index contributed by atoms with van der Waals surface area (Å²) < 4.78 is 42.4. The first-order chi connectivity index (χ1) is 16.5. The molecule has 0 saturated carbocycles. The van der Waals surface area contributed by atoms with Crippen molar-refractivity contribution in [1.82, 2.24) is 4.31 Å². The van der Waals surface area contributed by atoms with Crippen LogP contribution in [0.4, 0.5) is 8.78 Å². The van der Waals surface area contributed by atoms with Crippen molar-refractivity contribution in [2.75, 3.05) is 20.3 Å². The molecule has 2 saturated heterocycles. The van der Waals surface area contributed by atoms with Gasteiger partial charge in [-0.3, -0.25) is 4.79 Å². The van der Waals surface area contributed by atoms with E-state index in [0.29, 0.717) is 37.0 Å². The molecule has 3 atom stereocenters. The lowest BCUT2D eigenvalue weighted by Gasteiger charge is -2.37. The van der Waals surface area contributed by atoms with Gasteiger partial charge < -0.3 is 9.47 Å². The summed E-state index contributed by atoms with van der Waals surface area (Å²) in [7, 11) is 1.27. The Hall–Kier alpha value is -1.96. The zero-order valence-corrected chi connectivity index (χ0v) is 21.2. The summed E-state index contributed by atoms with van der Waals surface area (Å²) in [4.78, 5) is 12.3. The van der Waals surface area contributed by atoms with Crippen molar-refractivity contribution < 1.29 is 23.0 Å². The first-order valence-corrected chi connectivity index (χ1v) is 12.9. The predicted molar refractivity (Wildman–Crippen MR) is 132 cm³/mol. The fraction of sp³-hybridized carbons (Fsp3) is 0.519. The highest BCUT2D eigenvalue weighted by molar-refractivity contribution is 7.97. The molecule has 0 spiro atoms. The summed E-state index contributed by atoms with van der Waals surface area (Å²) in [5, 5.41) is 0.299. The van der Waals surface area contributed by atoms with Crippen molar-refractivity contribution in [2.24, 2.45) is 5.92 Å². The Labute approximate surface area is 206 Å². The summed E-state index contributed by atoms with van der Waals surface area (Å²) in [6, 6.07) is 13.0. The molecule has 0 bridgehead atoms. The Kier molecular flexibility index (Phi) is 9.92. The second-order valence-corrected chi connectivity index (χ2v) is 9.94. The van der Waals surface area contributed by atoms with Gasteiger partial charge in [-0.2, -0.15) is 0 Å². The zero-order valence-electron chi connectivity index (χ0n) is 20.4. The number of carbonyl (C=O) groups excluding carboxylic acids is 1. The maximum Gasteiger partial charge on any atom is 0.313 e. The van der Waals surface area contributed by atoms with Gasteiger partial charge in [-0.15, -0.1) is 0 Å². The number of carbonyl (C=O) groups is 1. The van der Waals surface area contributed by atoms with Crippen LogP contribution in [-0.2, 0) is 20.8 Å². The largest absolute Gasteiger partial charge is 0.469 e. The normalized spacial score (nSPS) is 21.7. The summed E-state index contributed by atoms with van der Waals surface area (Å²) >= 11 is 1.70. The van der Waals surface area contributed by atoms with Crippen molar-refractivity contribution in [3.05, 3.63) is 70.8 Å². The fourth-order valence-electron chi connectivity index (χ4n) is 4.35. The minimum atomic E-state index is -0.830. The van der Waals surface area contributed by atoms with Crippen LogP contribution in [0.2, 0.25) is 0 Å². The van der Waals surface area contributed by atoms with E-state index >= 15 is 8.78 Å². The maximum atomic E-state index is 15.1. The quantitative estimate of drug-likeness (QED) is 0.320. The van der Waals surface area contributed by atoms with Gasteiger partial charge in [0.15, 0.2) is 0 Å². The molecule has 34 heavy (non-hydrogen) atoms. The van der Waals surface area contributed by atoms with Crippen LogP contribution in [0.3, 0.4) is 0 Å². The average Bonchev–Trinajstić information content (AvgIpc) is 2.83. The molecule has 2 heterocycles. The number of hydrogen-bond acceptors (Lipinski definition) is 5. The van der Waals surface area contributed by atoms with E-state index in [1.165, 1.54) is 24.8 Å². The fourth-order valence-corrected chi connectivity index (χ4v) is 5.72. The van der Waals surface area contributed by atoms with Crippen molar-refractivity contribution in [2.45, 2.75) is 63.8 Å². The van der Waals surface area contributed by atoms with E-state index in [-0.39, 0.29) is 17.5 Å². The SMILES string of the molecule is CC.COC(=O)C(CC1COC1)c1cc(F)c(CN2SC(c3ccccc3)CC[C@@H]2C)cc1F. The number of rotatable bonds is 7. The summed E-state index contributed by atoms with van der Waals surface area (Å²) in [5.74, 6) is -2.28. The molecule has 0 radical (unpaired) electrons. The second-order valence-electron chi connectivity index (χ2n) is 8.69. The van der Waals surface area contributed by atoms with Gasteiger partial charge in [0.1, 0.15) is 11.6 Å². The summed E-state index contributed by atoms with van der Waals surface area (Å²) in [6.07, 6.45) is 2.43. The Balaban J connectivity index is 0.00000158. The molecule has 2 aliphatic heterocycles. The van der Waals surface area contributed by atoms with E-state index in [1.54, 1.807) is 11.9 Å². The molecular formula is C27H35F2NO3S. The van der Waals surface area contributed by atoms with Gasteiger partial charge in [0.2, 0.25) is 0 Å². The van der Waals surface area contributed by atoms with Gasteiger partial charge in [0, 0.05) is 34.9 Å². The van der Waals surface area contributed by atoms with Crippen LogP contribution < -0.4 is 0 Å². The molecule has 2 aliphatic rings. The van der Waals surface area contributed by atoms with Crippen LogP contribution in [-0.4, -0.2) is 36.6 Å². The monoisotopic (exact) mass is 491 g/mol. The van der Waals surface area contributed by atoms with Gasteiger partial charge in [-0.05, 0) is 43.9 Å². The molecule has 2 unspecified atom stereocenters. The number of hydrogen-bond donors (Lipinski definition) is 0. The highest BCUT2D eigenvalue weighted by Crippen LogP contribution is 2.43. The minimum Gasteiger partial charge on any atom is -0.469 e. The molecule has 2 aromatic carbocycles. The molecule has 186 valence electrons. The lowest BCUT2D eigenvalue weighted by molar-refractivity contribution is -0.144. The number of halogens is 2. The molecule has 7 heteroatoms. The lowest BCUT2D eigenvalue weighted by atomic mass is 9.87. The Bertz CT molecular complexity index is 939.